The van der Waals surface area contributed by atoms with Crippen LogP contribution in [0.5, 0.6) is 0 Å². The number of nitrogens with two attached hydrogens (primary N) is 1. The minimum atomic E-state index is -0.955. The number of carbonyl (C=O) groups excluding carboxylic acids is 1. The van der Waals surface area contributed by atoms with Gasteiger partial charge >= 0.3 is 0 Å². The highest BCUT2D eigenvalue weighted by atomic mass is 16.4. The van der Waals surface area contributed by atoms with Gasteiger partial charge in [-0.15, -0.1) is 0 Å². The molecule has 0 aromatic rings. The molecule has 0 aliphatic heterocycles. The number of amidine groups is 1. The number of oxime groups is 1. The van der Waals surface area contributed by atoms with Crippen molar-refractivity contribution in [3.8, 4) is 0 Å². The Bertz CT molecular complexity index is 300. The molecule has 0 aliphatic rings. The molecule has 0 bridgehead atoms. The van der Waals surface area contributed by atoms with Gasteiger partial charge in [0, 0.05) is 13.1 Å². The van der Waals surface area contributed by atoms with Crippen molar-refractivity contribution in [3.05, 3.63) is 0 Å². The molecule has 0 saturated carbocycles. The first kappa shape index (κ1) is 17.7. The lowest BCUT2D eigenvalue weighted by molar-refractivity contribution is -0.139. The van der Waals surface area contributed by atoms with E-state index in [1.165, 1.54) is 0 Å². The van der Waals surface area contributed by atoms with Crippen LogP contribution in [0.15, 0.2) is 5.16 Å². The molecule has 0 aliphatic carbocycles. The summed E-state index contributed by atoms with van der Waals surface area (Å²) < 4.78 is 0. The number of hydrogen-bond donors (Lipinski definition) is 3. The molecule has 0 spiro atoms. The Morgan fingerprint density at radius 2 is 1.79 bits per heavy atom. The van der Waals surface area contributed by atoms with Gasteiger partial charge in [-0.2, -0.15) is 0 Å². The van der Waals surface area contributed by atoms with E-state index in [0.717, 1.165) is 12.8 Å². The maximum Gasteiger partial charge on any atom is 0.236 e. The predicted molar refractivity (Wildman–Crippen MR) is 75.0 cm³/mol. The van der Waals surface area contributed by atoms with E-state index in [2.05, 4.69) is 5.16 Å². The highest BCUT2D eigenvalue weighted by Gasteiger charge is 2.43. The Kier molecular flexibility index (Phi) is 8.14. The fraction of sp³-hybridized carbons (Fsp3) is 0.846. The quantitative estimate of drug-likeness (QED) is 0.254. The van der Waals surface area contributed by atoms with Crippen LogP contribution in [0.2, 0.25) is 0 Å². The fourth-order valence-electron chi connectivity index (χ4n) is 2.48. The Balaban J connectivity index is 5.46. The Morgan fingerprint density at radius 1 is 1.26 bits per heavy atom. The van der Waals surface area contributed by atoms with Crippen LogP contribution in [-0.2, 0) is 4.79 Å². The number of amides is 1. The van der Waals surface area contributed by atoms with E-state index in [0.29, 0.717) is 19.4 Å². The van der Waals surface area contributed by atoms with Crippen LogP contribution in [0.3, 0.4) is 0 Å². The van der Waals surface area contributed by atoms with Gasteiger partial charge in [-0.3, -0.25) is 4.79 Å². The number of likely N-dealkylation sites (N-methyl/N-ethyl adjacent to an activating group) is 1. The molecule has 0 fully saturated rings. The Labute approximate surface area is 115 Å². The van der Waals surface area contributed by atoms with Gasteiger partial charge in [-0.25, -0.2) is 0 Å². The first-order chi connectivity index (χ1) is 9.03. The summed E-state index contributed by atoms with van der Waals surface area (Å²) in [5.41, 5.74) is 4.85. The summed E-state index contributed by atoms with van der Waals surface area (Å²) in [5, 5.41) is 21.1. The molecule has 0 radical (unpaired) electrons. The second-order valence-corrected chi connectivity index (χ2v) is 4.68. The number of aliphatic hydroxyl groups excluding tert-OH is 1. The Morgan fingerprint density at radius 3 is 2.11 bits per heavy atom. The van der Waals surface area contributed by atoms with E-state index < -0.39 is 5.41 Å². The first-order valence-electron chi connectivity index (χ1n) is 6.92. The molecule has 6 nitrogen and oxygen atoms in total. The van der Waals surface area contributed by atoms with Gasteiger partial charge in [0.05, 0.1) is 6.61 Å². The van der Waals surface area contributed by atoms with Gasteiger partial charge in [0.15, 0.2) is 5.84 Å². The monoisotopic (exact) mass is 273 g/mol. The minimum Gasteiger partial charge on any atom is -0.409 e. The summed E-state index contributed by atoms with van der Waals surface area (Å²) in [6.07, 6.45) is 2.60. The number of hydrogen-bond acceptors (Lipinski definition) is 4. The van der Waals surface area contributed by atoms with Crippen molar-refractivity contribution in [2.24, 2.45) is 16.3 Å². The average Bonchev–Trinajstić information content (AvgIpc) is 2.42. The molecule has 0 rings (SSSR count). The molecule has 0 aromatic heterocycles. The van der Waals surface area contributed by atoms with Crippen molar-refractivity contribution >= 4 is 11.7 Å². The van der Waals surface area contributed by atoms with Gasteiger partial charge in [0.2, 0.25) is 5.91 Å². The molecule has 0 saturated heterocycles. The number of rotatable bonds is 9. The maximum absolute atomic E-state index is 12.7. The normalized spacial score (nSPS) is 12.5. The van der Waals surface area contributed by atoms with Gasteiger partial charge in [0.25, 0.3) is 0 Å². The molecular formula is C13H27N3O3. The van der Waals surface area contributed by atoms with Crippen LogP contribution < -0.4 is 5.73 Å². The summed E-state index contributed by atoms with van der Waals surface area (Å²) in [6, 6.07) is 0. The van der Waals surface area contributed by atoms with E-state index >= 15 is 0 Å². The largest absolute Gasteiger partial charge is 0.409 e. The molecule has 112 valence electrons. The highest BCUT2D eigenvalue weighted by molar-refractivity contribution is 6.06. The molecule has 0 heterocycles. The van der Waals surface area contributed by atoms with E-state index in [1.54, 1.807) is 4.90 Å². The number of carbonyl (C=O) groups is 1. The topological polar surface area (TPSA) is 99.2 Å². The van der Waals surface area contributed by atoms with E-state index in [-0.39, 0.29) is 24.9 Å². The second kappa shape index (κ2) is 8.74. The van der Waals surface area contributed by atoms with Crippen molar-refractivity contribution < 1.29 is 15.1 Å². The van der Waals surface area contributed by atoms with Crippen molar-refractivity contribution in [1.29, 1.82) is 0 Å². The lowest BCUT2D eigenvalue weighted by atomic mass is 9.76. The molecule has 4 N–H and O–H groups in total. The van der Waals surface area contributed by atoms with Gasteiger partial charge < -0.3 is 20.9 Å². The SMILES string of the molecule is CCCC(CCC)(C(=O)N(CC)CCO)C(N)=NO. The van der Waals surface area contributed by atoms with Crippen LogP contribution in [-0.4, -0.2) is 46.7 Å². The van der Waals surface area contributed by atoms with Crippen LogP contribution >= 0.6 is 0 Å². The standard InChI is InChI=1S/C13H27N3O3/c1-4-7-13(8-5-2,11(14)15-19)12(18)16(6-3)9-10-17/h17,19H,4-10H2,1-3H3,(H2,14,15). The summed E-state index contributed by atoms with van der Waals surface area (Å²) in [7, 11) is 0. The van der Waals surface area contributed by atoms with E-state index in [4.69, 9.17) is 16.0 Å². The predicted octanol–water partition coefficient (Wildman–Crippen LogP) is 1.16. The summed E-state index contributed by atoms with van der Waals surface area (Å²) in [4.78, 5) is 14.3. The molecule has 0 atom stereocenters. The minimum absolute atomic E-state index is 0.0300. The lowest BCUT2D eigenvalue weighted by Crippen LogP contribution is -2.52. The zero-order valence-electron chi connectivity index (χ0n) is 12.2. The zero-order chi connectivity index (χ0) is 14.9. The second-order valence-electron chi connectivity index (χ2n) is 4.68. The summed E-state index contributed by atoms with van der Waals surface area (Å²) in [6.45, 7) is 6.44. The van der Waals surface area contributed by atoms with Crippen LogP contribution in [0, 0.1) is 5.41 Å². The average molecular weight is 273 g/mol. The Hall–Kier alpha value is -1.30. The maximum atomic E-state index is 12.7. The molecular weight excluding hydrogens is 246 g/mol. The molecule has 6 heteroatoms. The molecule has 0 aromatic carbocycles. The third kappa shape index (κ3) is 4.09. The van der Waals surface area contributed by atoms with Gasteiger partial charge in [-0.05, 0) is 19.8 Å². The van der Waals surface area contributed by atoms with Crippen molar-refractivity contribution in [2.45, 2.75) is 46.5 Å². The van der Waals surface area contributed by atoms with Gasteiger partial charge in [-0.1, -0.05) is 31.8 Å². The third-order valence-corrected chi connectivity index (χ3v) is 3.40. The van der Waals surface area contributed by atoms with Crippen molar-refractivity contribution in [1.82, 2.24) is 4.90 Å². The molecule has 19 heavy (non-hydrogen) atoms. The van der Waals surface area contributed by atoms with Crippen LogP contribution in [0.4, 0.5) is 0 Å². The van der Waals surface area contributed by atoms with E-state index in [9.17, 15) is 4.79 Å². The zero-order valence-corrected chi connectivity index (χ0v) is 12.2. The summed E-state index contributed by atoms with van der Waals surface area (Å²) in [5.74, 6) is -0.194. The molecule has 0 unspecified atom stereocenters. The van der Waals surface area contributed by atoms with Crippen molar-refractivity contribution in [3.63, 3.8) is 0 Å². The van der Waals surface area contributed by atoms with E-state index in [1.807, 2.05) is 20.8 Å². The highest BCUT2D eigenvalue weighted by Crippen LogP contribution is 2.32. The van der Waals surface area contributed by atoms with Crippen LogP contribution in [0.1, 0.15) is 46.5 Å². The van der Waals surface area contributed by atoms with Crippen LogP contribution in [0.25, 0.3) is 0 Å². The summed E-state index contributed by atoms with van der Waals surface area (Å²) >= 11 is 0. The third-order valence-electron chi connectivity index (χ3n) is 3.40. The lowest BCUT2D eigenvalue weighted by Gasteiger charge is -2.35. The first-order valence-corrected chi connectivity index (χ1v) is 6.92. The molecule has 1 amide bonds. The number of nitrogens with zero attached hydrogens (tertiary/aromatic N) is 2. The van der Waals surface area contributed by atoms with Crippen molar-refractivity contribution in [2.75, 3.05) is 19.7 Å². The smallest absolute Gasteiger partial charge is 0.236 e. The number of aliphatic hydroxyl groups is 1. The van der Waals surface area contributed by atoms with Gasteiger partial charge in [0.1, 0.15) is 5.41 Å². The fourth-order valence-corrected chi connectivity index (χ4v) is 2.48.